The van der Waals surface area contributed by atoms with Crippen LogP contribution in [-0.2, 0) is 9.53 Å². The number of halogens is 1. The van der Waals surface area contributed by atoms with Gasteiger partial charge in [0.2, 0.25) is 5.91 Å². The Labute approximate surface area is 153 Å². The van der Waals surface area contributed by atoms with Gasteiger partial charge in [-0.25, -0.2) is 4.39 Å². The minimum absolute atomic E-state index is 0.00110. The Morgan fingerprint density at radius 3 is 2.65 bits per heavy atom. The number of nitrogens with one attached hydrogen (secondary N) is 1. The Kier molecular flexibility index (Phi) is 6.57. The summed E-state index contributed by atoms with van der Waals surface area (Å²) in [5.74, 6) is -0.439. The number of ether oxygens (including phenoxy) is 1. The molecule has 2 heterocycles. The molecule has 1 unspecified atom stereocenters. The third-order valence-electron chi connectivity index (χ3n) is 4.89. The molecule has 0 aromatic heterocycles. The molecular formula is C19H26FN3O3. The Bertz CT molecular complexity index is 617. The number of amides is 2. The van der Waals surface area contributed by atoms with Gasteiger partial charge in [0.15, 0.2) is 0 Å². The van der Waals surface area contributed by atoms with Gasteiger partial charge in [0.25, 0.3) is 5.91 Å². The number of rotatable bonds is 5. The van der Waals surface area contributed by atoms with E-state index in [1.807, 2.05) is 0 Å². The highest BCUT2D eigenvalue weighted by Gasteiger charge is 2.22. The second-order valence-electron chi connectivity index (χ2n) is 6.87. The van der Waals surface area contributed by atoms with Gasteiger partial charge in [-0.3, -0.25) is 14.5 Å². The Morgan fingerprint density at radius 1 is 1.12 bits per heavy atom. The van der Waals surface area contributed by atoms with Crippen molar-refractivity contribution in [2.24, 2.45) is 0 Å². The third-order valence-corrected chi connectivity index (χ3v) is 4.89. The lowest BCUT2D eigenvalue weighted by Crippen LogP contribution is -2.41. The number of carbonyl (C=O) groups is 2. The summed E-state index contributed by atoms with van der Waals surface area (Å²) in [6, 6.07) is 5.63. The third kappa shape index (κ3) is 5.25. The van der Waals surface area contributed by atoms with Crippen LogP contribution in [0.5, 0.6) is 0 Å². The molecule has 2 amide bonds. The van der Waals surface area contributed by atoms with Crippen LogP contribution < -0.4 is 5.32 Å². The maximum atomic E-state index is 13.0. The van der Waals surface area contributed by atoms with E-state index in [0.29, 0.717) is 38.3 Å². The fourth-order valence-electron chi connectivity index (χ4n) is 3.40. The first-order chi connectivity index (χ1) is 12.6. The Balaban J connectivity index is 1.44. The van der Waals surface area contributed by atoms with Crippen LogP contribution in [0.25, 0.3) is 0 Å². The van der Waals surface area contributed by atoms with Gasteiger partial charge >= 0.3 is 0 Å². The number of carbonyl (C=O) groups excluding carboxylic acids is 2. The summed E-state index contributed by atoms with van der Waals surface area (Å²) in [6.07, 6.45) is 3.02. The fourth-order valence-corrected chi connectivity index (χ4v) is 3.40. The minimum atomic E-state index is -0.349. The molecule has 6 nitrogen and oxygen atoms in total. The van der Waals surface area contributed by atoms with Gasteiger partial charge < -0.3 is 15.0 Å². The molecule has 26 heavy (non-hydrogen) atoms. The molecule has 0 aliphatic carbocycles. The molecular weight excluding hydrogens is 337 g/mol. The molecule has 2 aliphatic rings. The molecule has 0 radical (unpaired) electrons. The standard InChI is InChI=1S/C19H26FN3O3/c20-16-6-4-15(5-7-16)19(25)23-9-2-8-22(10-11-23)14-18(24)21-13-17-3-1-12-26-17/h4-7,17H,1-3,8-14H2,(H,21,24). The van der Waals surface area contributed by atoms with Crippen LogP contribution in [0.1, 0.15) is 29.6 Å². The average Bonchev–Trinajstić information content (AvgIpc) is 3.06. The lowest BCUT2D eigenvalue weighted by molar-refractivity contribution is -0.122. The van der Waals surface area contributed by atoms with Crippen LogP contribution >= 0.6 is 0 Å². The highest BCUT2D eigenvalue weighted by molar-refractivity contribution is 5.94. The monoisotopic (exact) mass is 363 g/mol. The number of nitrogens with zero attached hydrogens (tertiary/aromatic N) is 2. The first-order valence-electron chi connectivity index (χ1n) is 9.27. The molecule has 1 N–H and O–H groups in total. The van der Waals surface area contributed by atoms with Crippen molar-refractivity contribution < 1.29 is 18.7 Å². The van der Waals surface area contributed by atoms with Crippen molar-refractivity contribution in [1.29, 1.82) is 0 Å². The summed E-state index contributed by atoms with van der Waals surface area (Å²) in [4.78, 5) is 28.5. The van der Waals surface area contributed by atoms with Gasteiger partial charge in [0, 0.05) is 44.9 Å². The number of benzene rings is 1. The molecule has 1 aromatic carbocycles. The van der Waals surface area contributed by atoms with E-state index in [1.165, 1.54) is 24.3 Å². The first kappa shape index (κ1) is 18.8. The van der Waals surface area contributed by atoms with Crippen LogP contribution in [0.3, 0.4) is 0 Å². The van der Waals surface area contributed by atoms with E-state index in [9.17, 15) is 14.0 Å². The quantitative estimate of drug-likeness (QED) is 0.856. The molecule has 2 aliphatic heterocycles. The van der Waals surface area contributed by atoms with Crippen molar-refractivity contribution in [3.63, 3.8) is 0 Å². The predicted molar refractivity (Wildman–Crippen MR) is 95.3 cm³/mol. The highest BCUT2D eigenvalue weighted by atomic mass is 19.1. The Morgan fingerprint density at radius 2 is 1.92 bits per heavy atom. The molecule has 3 rings (SSSR count). The molecule has 1 atom stereocenters. The van der Waals surface area contributed by atoms with Crippen LogP contribution in [0.15, 0.2) is 24.3 Å². The van der Waals surface area contributed by atoms with Gasteiger partial charge in [-0.05, 0) is 43.5 Å². The molecule has 0 spiro atoms. The van der Waals surface area contributed by atoms with Gasteiger partial charge in [0.1, 0.15) is 5.82 Å². The average molecular weight is 363 g/mol. The van der Waals surface area contributed by atoms with Crippen molar-refractivity contribution in [3.8, 4) is 0 Å². The lowest BCUT2D eigenvalue weighted by Gasteiger charge is -2.22. The van der Waals surface area contributed by atoms with Crippen LogP contribution in [0.4, 0.5) is 4.39 Å². The van der Waals surface area contributed by atoms with Crippen molar-refractivity contribution in [3.05, 3.63) is 35.6 Å². The molecule has 0 saturated carbocycles. The zero-order valence-electron chi connectivity index (χ0n) is 15.0. The van der Waals surface area contributed by atoms with E-state index in [0.717, 1.165) is 32.4 Å². The maximum absolute atomic E-state index is 13.0. The summed E-state index contributed by atoms with van der Waals surface area (Å²) in [5, 5.41) is 2.94. The van der Waals surface area contributed by atoms with E-state index in [-0.39, 0.29) is 23.7 Å². The summed E-state index contributed by atoms with van der Waals surface area (Å²) in [6.45, 7) is 4.33. The predicted octanol–water partition coefficient (Wildman–Crippen LogP) is 1.27. The molecule has 7 heteroatoms. The Hall–Kier alpha value is -1.99. The maximum Gasteiger partial charge on any atom is 0.253 e. The smallest absolute Gasteiger partial charge is 0.253 e. The fraction of sp³-hybridized carbons (Fsp3) is 0.579. The highest BCUT2D eigenvalue weighted by Crippen LogP contribution is 2.11. The summed E-state index contributed by atoms with van der Waals surface area (Å²) in [5.41, 5.74) is 0.495. The second-order valence-corrected chi connectivity index (χ2v) is 6.87. The normalized spacial score (nSPS) is 21.4. The molecule has 2 saturated heterocycles. The zero-order chi connectivity index (χ0) is 18.4. The van der Waals surface area contributed by atoms with Gasteiger partial charge in [-0.2, -0.15) is 0 Å². The largest absolute Gasteiger partial charge is 0.376 e. The van der Waals surface area contributed by atoms with Crippen molar-refractivity contribution in [1.82, 2.24) is 15.1 Å². The van der Waals surface area contributed by atoms with E-state index in [4.69, 9.17) is 4.74 Å². The van der Waals surface area contributed by atoms with Crippen LogP contribution in [0.2, 0.25) is 0 Å². The van der Waals surface area contributed by atoms with Crippen molar-refractivity contribution in [2.75, 3.05) is 45.9 Å². The molecule has 2 fully saturated rings. The van der Waals surface area contributed by atoms with Crippen molar-refractivity contribution in [2.45, 2.75) is 25.4 Å². The van der Waals surface area contributed by atoms with E-state index in [1.54, 1.807) is 4.90 Å². The number of hydrogen-bond acceptors (Lipinski definition) is 4. The topological polar surface area (TPSA) is 61.9 Å². The molecule has 142 valence electrons. The molecule has 1 aromatic rings. The summed E-state index contributed by atoms with van der Waals surface area (Å²) >= 11 is 0. The summed E-state index contributed by atoms with van der Waals surface area (Å²) < 4.78 is 18.5. The van der Waals surface area contributed by atoms with Gasteiger partial charge in [0.05, 0.1) is 12.6 Å². The van der Waals surface area contributed by atoms with Crippen molar-refractivity contribution >= 4 is 11.8 Å². The second kappa shape index (κ2) is 9.09. The summed E-state index contributed by atoms with van der Waals surface area (Å²) in [7, 11) is 0. The zero-order valence-corrected chi connectivity index (χ0v) is 15.0. The van der Waals surface area contributed by atoms with Gasteiger partial charge in [-0.15, -0.1) is 0 Å². The SMILES string of the molecule is O=C(CN1CCCN(C(=O)c2ccc(F)cc2)CC1)NCC1CCCO1. The van der Waals surface area contributed by atoms with Crippen LogP contribution in [0, 0.1) is 5.82 Å². The lowest BCUT2D eigenvalue weighted by atomic mass is 10.2. The number of hydrogen-bond donors (Lipinski definition) is 1. The minimum Gasteiger partial charge on any atom is -0.376 e. The first-order valence-corrected chi connectivity index (χ1v) is 9.27. The van der Waals surface area contributed by atoms with E-state index in [2.05, 4.69) is 10.2 Å². The molecule has 0 bridgehead atoms. The van der Waals surface area contributed by atoms with Gasteiger partial charge in [-0.1, -0.05) is 0 Å². The van der Waals surface area contributed by atoms with E-state index < -0.39 is 0 Å². The van der Waals surface area contributed by atoms with E-state index >= 15 is 0 Å². The van der Waals surface area contributed by atoms with Crippen LogP contribution in [-0.4, -0.2) is 73.6 Å².